The molecule has 3 rings (SSSR count). The van der Waals surface area contributed by atoms with E-state index in [9.17, 15) is 14.9 Å². The Morgan fingerprint density at radius 1 is 1.27 bits per heavy atom. The highest BCUT2D eigenvalue weighted by Gasteiger charge is 2.36. The van der Waals surface area contributed by atoms with Crippen molar-refractivity contribution in [1.29, 1.82) is 0 Å². The molecule has 0 aromatic heterocycles. The van der Waals surface area contributed by atoms with Crippen LogP contribution in [0.5, 0.6) is 0 Å². The van der Waals surface area contributed by atoms with E-state index in [0.29, 0.717) is 23.0 Å². The van der Waals surface area contributed by atoms with Crippen LogP contribution in [-0.2, 0) is 4.79 Å². The predicted octanol–water partition coefficient (Wildman–Crippen LogP) is 6.08. The Labute approximate surface area is 176 Å². The van der Waals surface area contributed by atoms with Crippen molar-refractivity contribution in [3.8, 4) is 0 Å². The van der Waals surface area contributed by atoms with Crippen LogP contribution in [0.4, 0.5) is 28.4 Å². The van der Waals surface area contributed by atoms with Crippen molar-refractivity contribution in [3.05, 3.63) is 52.1 Å². The molecule has 8 nitrogen and oxygen atoms in total. The van der Waals surface area contributed by atoms with E-state index in [1.165, 1.54) is 24.6 Å². The Balaban J connectivity index is 2.04. The number of azo groups is 1. The van der Waals surface area contributed by atoms with Gasteiger partial charge in [0.05, 0.1) is 16.3 Å². The minimum Gasteiger partial charge on any atom is -0.366 e. The third-order valence-electron chi connectivity index (χ3n) is 5.46. The monoisotopic (exact) mass is 409 g/mol. The fraction of sp³-hybridized carbons (Fsp3) is 0.409. The summed E-state index contributed by atoms with van der Waals surface area (Å²) >= 11 is 0. The van der Waals surface area contributed by atoms with Crippen molar-refractivity contribution in [3.63, 3.8) is 0 Å². The number of nitro benzene ring substituents is 1. The van der Waals surface area contributed by atoms with Gasteiger partial charge in [-0.25, -0.2) is 0 Å². The summed E-state index contributed by atoms with van der Waals surface area (Å²) in [4.78, 5) is 24.5. The van der Waals surface area contributed by atoms with Gasteiger partial charge in [0, 0.05) is 36.8 Å². The summed E-state index contributed by atoms with van der Waals surface area (Å²) in [5.41, 5.74) is 3.92. The average Bonchev–Trinajstić information content (AvgIpc) is 2.66. The fourth-order valence-corrected chi connectivity index (χ4v) is 4.24. The summed E-state index contributed by atoms with van der Waals surface area (Å²) < 4.78 is 0. The maximum atomic E-state index is 11.8. The Hall–Kier alpha value is -3.29. The van der Waals surface area contributed by atoms with E-state index in [2.05, 4.69) is 48.1 Å². The molecule has 0 radical (unpaired) electrons. The lowest BCUT2D eigenvalue weighted by Gasteiger charge is -2.47. The first-order valence-electron chi connectivity index (χ1n) is 10.0. The molecular weight excluding hydrogens is 382 g/mol. The first kappa shape index (κ1) is 21.4. The molecule has 30 heavy (non-hydrogen) atoms. The molecule has 1 aliphatic heterocycles. The van der Waals surface area contributed by atoms with Crippen LogP contribution in [0.3, 0.4) is 0 Å². The molecule has 0 saturated heterocycles. The molecule has 0 saturated carbocycles. The van der Waals surface area contributed by atoms with E-state index in [4.69, 9.17) is 0 Å². The lowest BCUT2D eigenvalue weighted by atomic mass is 9.79. The van der Waals surface area contributed by atoms with Gasteiger partial charge in [0.1, 0.15) is 5.69 Å². The first-order chi connectivity index (χ1) is 14.1. The fourth-order valence-electron chi connectivity index (χ4n) is 4.24. The van der Waals surface area contributed by atoms with Gasteiger partial charge in [0.25, 0.3) is 5.69 Å². The molecule has 2 aromatic carbocycles. The Morgan fingerprint density at radius 3 is 2.50 bits per heavy atom. The second kappa shape index (κ2) is 8.22. The van der Waals surface area contributed by atoms with Crippen molar-refractivity contribution in [2.75, 3.05) is 16.8 Å². The van der Waals surface area contributed by atoms with Crippen LogP contribution in [0.25, 0.3) is 0 Å². The summed E-state index contributed by atoms with van der Waals surface area (Å²) in [5, 5.41) is 22.3. The molecule has 158 valence electrons. The first-order valence-corrected chi connectivity index (χ1v) is 10.0. The number of carbonyl (C=O) groups excluding carboxylic acids is 1. The van der Waals surface area contributed by atoms with E-state index < -0.39 is 4.92 Å². The number of nitrogens with one attached hydrogen (secondary N) is 1. The maximum Gasteiger partial charge on any atom is 0.269 e. The predicted molar refractivity (Wildman–Crippen MR) is 118 cm³/mol. The minimum atomic E-state index is -0.457. The van der Waals surface area contributed by atoms with Gasteiger partial charge in [-0.05, 0) is 62.9 Å². The van der Waals surface area contributed by atoms with Crippen molar-refractivity contribution < 1.29 is 9.72 Å². The second-order valence-electron chi connectivity index (χ2n) is 8.24. The number of nitrogens with zero attached hydrogens (tertiary/aromatic N) is 4. The van der Waals surface area contributed by atoms with Crippen LogP contribution in [0, 0.1) is 10.1 Å². The summed E-state index contributed by atoms with van der Waals surface area (Å²) in [7, 11) is 0. The largest absolute Gasteiger partial charge is 0.366 e. The molecule has 0 bridgehead atoms. The number of hydrogen-bond acceptors (Lipinski definition) is 6. The van der Waals surface area contributed by atoms with Crippen molar-refractivity contribution in [2.45, 2.75) is 52.5 Å². The lowest BCUT2D eigenvalue weighted by Crippen LogP contribution is -2.48. The van der Waals surface area contributed by atoms with E-state index in [-0.39, 0.29) is 17.1 Å². The molecule has 1 atom stereocenters. The number of amides is 1. The van der Waals surface area contributed by atoms with Gasteiger partial charge in [-0.1, -0.05) is 6.92 Å². The molecule has 0 aliphatic carbocycles. The Morgan fingerprint density at radius 2 is 1.93 bits per heavy atom. The van der Waals surface area contributed by atoms with Gasteiger partial charge >= 0.3 is 0 Å². The molecule has 1 aliphatic rings. The molecule has 1 N–H and O–H groups in total. The third-order valence-corrected chi connectivity index (χ3v) is 5.46. The highest BCUT2D eigenvalue weighted by molar-refractivity contribution is 5.93. The van der Waals surface area contributed by atoms with E-state index in [0.717, 1.165) is 18.7 Å². The third kappa shape index (κ3) is 4.32. The normalized spacial score (nSPS) is 17.6. The zero-order valence-corrected chi connectivity index (χ0v) is 18.0. The molecule has 0 spiro atoms. The van der Waals surface area contributed by atoms with Crippen LogP contribution >= 0.6 is 0 Å². The van der Waals surface area contributed by atoms with Crippen molar-refractivity contribution in [1.82, 2.24) is 0 Å². The van der Waals surface area contributed by atoms with E-state index in [1.807, 2.05) is 12.1 Å². The van der Waals surface area contributed by atoms with Crippen LogP contribution < -0.4 is 10.2 Å². The molecule has 1 heterocycles. The van der Waals surface area contributed by atoms with Crippen molar-refractivity contribution >= 4 is 34.3 Å². The zero-order chi connectivity index (χ0) is 22.1. The van der Waals surface area contributed by atoms with Crippen LogP contribution in [0.2, 0.25) is 0 Å². The zero-order valence-electron chi connectivity index (χ0n) is 18.0. The van der Waals surface area contributed by atoms with Gasteiger partial charge in [0.2, 0.25) is 5.91 Å². The second-order valence-corrected chi connectivity index (χ2v) is 8.24. The number of nitro groups is 1. The number of fused-ring (bicyclic) bond motifs is 1. The topological polar surface area (TPSA) is 100 Å². The van der Waals surface area contributed by atoms with Crippen molar-refractivity contribution in [2.24, 2.45) is 10.2 Å². The number of hydrogen-bond donors (Lipinski definition) is 1. The molecule has 1 amide bonds. The van der Waals surface area contributed by atoms with Gasteiger partial charge in [0.15, 0.2) is 0 Å². The summed E-state index contributed by atoms with van der Waals surface area (Å²) in [5.74, 6) is 0.144. The number of rotatable bonds is 5. The number of anilines is 2. The Bertz CT molecular complexity index is 999. The van der Waals surface area contributed by atoms with Gasteiger partial charge in [-0.2, -0.15) is 5.11 Å². The van der Waals surface area contributed by atoms with Gasteiger partial charge in [-0.3, -0.25) is 14.9 Å². The van der Waals surface area contributed by atoms with Crippen LogP contribution in [0.15, 0.2) is 46.6 Å². The smallest absolute Gasteiger partial charge is 0.269 e. The lowest BCUT2D eigenvalue weighted by molar-refractivity contribution is -0.384. The van der Waals surface area contributed by atoms with Gasteiger partial charge in [-0.15, -0.1) is 5.11 Å². The highest BCUT2D eigenvalue weighted by Crippen LogP contribution is 2.47. The maximum absolute atomic E-state index is 11.8. The quantitative estimate of drug-likeness (QED) is 0.367. The number of benzene rings is 2. The standard InChI is InChI=1S/C22H27N5O3/c1-6-26-21-12-19(23-15(3)28)20(11-18(21)14(2)13-22(26,4)5)25-24-16-7-9-17(10-8-16)27(29)30/h7-12,14H,6,13H2,1-5H3,(H,23,28)/t14-/m1/s1. The van der Waals surface area contributed by atoms with E-state index in [1.54, 1.807) is 12.1 Å². The summed E-state index contributed by atoms with van der Waals surface area (Å²) in [6.07, 6.45) is 1.01. The highest BCUT2D eigenvalue weighted by atomic mass is 16.6. The summed E-state index contributed by atoms with van der Waals surface area (Å²) in [6.45, 7) is 11.1. The molecular formula is C22H27N5O3. The van der Waals surface area contributed by atoms with E-state index >= 15 is 0 Å². The average molecular weight is 409 g/mol. The molecule has 2 aromatic rings. The number of non-ortho nitro benzene ring substituents is 1. The SMILES string of the molecule is CCN1c2cc(NC(C)=O)c(N=Nc3ccc([N+](=O)[O-])cc3)cc2[C@H](C)CC1(C)C. The molecule has 0 fully saturated rings. The molecule has 8 heteroatoms. The number of carbonyl (C=O) groups is 1. The minimum absolute atomic E-state index is 0.00207. The van der Waals surface area contributed by atoms with Gasteiger partial charge < -0.3 is 10.2 Å². The van der Waals surface area contributed by atoms with Crippen LogP contribution in [0.1, 0.15) is 52.5 Å². The summed E-state index contributed by atoms with van der Waals surface area (Å²) in [6, 6.07) is 9.82. The molecule has 0 unspecified atom stereocenters. The Kier molecular flexibility index (Phi) is 5.87. The van der Waals surface area contributed by atoms with Crippen LogP contribution in [-0.4, -0.2) is 22.9 Å².